The summed E-state index contributed by atoms with van der Waals surface area (Å²) in [6, 6.07) is 10.1. The van der Waals surface area contributed by atoms with Gasteiger partial charge in [-0.3, -0.25) is 5.41 Å². The Morgan fingerprint density at radius 2 is 2.00 bits per heavy atom. The van der Waals surface area contributed by atoms with Crippen LogP contribution in [0.5, 0.6) is 0 Å². The van der Waals surface area contributed by atoms with Crippen LogP contribution in [-0.4, -0.2) is 11.9 Å². The summed E-state index contributed by atoms with van der Waals surface area (Å²) in [5.74, 6) is 0.556. The maximum absolute atomic E-state index is 7.26. The maximum Gasteiger partial charge on any atom is 0.0938 e. The molecule has 1 aromatic rings. The number of ether oxygens (including phenoxy) is 1. The Morgan fingerprint density at radius 3 is 2.60 bits per heavy atom. The van der Waals surface area contributed by atoms with E-state index in [1.807, 2.05) is 18.2 Å². The van der Waals surface area contributed by atoms with Gasteiger partial charge in [0.2, 0.25) is 0 Å². The first-order valence-corrected chi connectivity index (χ1v) is 5.25. The highest BCUT2D eigenvalue weighted by Crippen LogP contribution is 2.30. The van der Waals surface area contributed by atoms with Crippen molar-refractivity contribution < 1.29 is 4.74 Å². The summed E-state index contributed by atoms with van der Waals surface area (Å²) < 4.78 is 5.69. The Balaban J connectivity index is 1.71. The van der Waals surface area contributed by atoms with Crippen molar-refractivity contribution in [1.82, 2.24) is 0 Å². The third-order valence-corrected chi connectivity index (χ3v) is 2.86. The minimum atomic E-state index is 0.255. The molecule has 3 nitrogen and oxygen atoms in total. The van der Waals surface area contributed by atoms with Gasteiger partial charge in [0.15, 0.2) is 0 Å². The monoisotopic (exact) mass is 204 g/mol. The van der Waals surface area contributed by atoms with Crippen molar-refractivity contribution in [2.45, 2.75) is 25.6 Å². The van der Waals surface area contributed by atoms with Gasteiger partial charge in [-0.15, -0.1) is 0 Å². The van der Waals surface area contributed by atoms with E-state index in [-0.39, 0.29) is 5.92 Å². The number of hydrogen-bond acceptors (Lipinski definition) is 2. The van der Waals surface area contributed by atoms with Crippen LogP contribution < -0.4 is 5.73 Å². The molecule has 0 radical (unpaired) electrons. The third kappa shape index (κ3) is 2.57. The standard InChI is InChI=1S/C12H16N2O/c13-12(14)10-6-11(7-10)15-8-9-4-2-1-3-5-9/h1-5,10-11H,6-8H2,(H3,13,14). The smallest absolute Gasteiger partial charge is 0.0938 e. The summed E-state index contributed by atoms with van der Waals surface area (Å²) in [7, 11) is 0. The zero-order valence-corrected chi connectivity index (χ0v) is 8.65. The molecule has 0 spiro atoms. The Labute approximate surface area is 89.8 Å². The molecule has 1 aliphatic carbocycles. The van der Waals surface area contributed by atoms with Crippen LogP contribution in [0.25, 0.3) is 0 Å². The quantitative estimate of drug-likeness (QED) is 0.581. The number of hydrogen-bond donors (Lipinski definition) is 2. The molecular weight excluding hydrogens is 188 g/mol. The predicted octanol–water partition coefficient (Wildman–Crippen LogP) is 1.92. The molecule has 1 aromatic carbocycles. The lowest BCUT2D eigenvalue weighted by atomic mass is 9.81. The van der Waals surface area contributed by atoms with E-state index in [0.717, 1.165) is 12.8 Å². The maximum atomic E-state index is 7.26. The molecule has 15 heavy (non-hydrogen) atoms. The number of nitrogens with one attached hydrogen (secondary N) is 1. The zero-order valence-electron chi connectivity index (χ0n) is 8.65. The first-order valence-electron chi connectivity index (χ1n) is 5.25. The second kappa shape index (κ2) is 4.45. The van der Waals surface area contributed by atoms with E-state index >= 15 is 0 Å². The van der Waals surface area contributed by atoms with Crippen LogP contribution in [0.1, 0.15) is 18.4 Å². The Kier molecular flexibility index (Phi) is 3.02. The Morgan fingerprint density at radius 1 is 1.33 bits per heavy atom. The molecule has 3 N–H and O–H groups in total. The second-order valence-electron chi connectivity index (χ2n) is 4.04. The molecule has 0 aliphatic heterocycles. The third-order valence-electron chi connectivity index (χ3n) is 2.86. The van der Waals surface area contributed by atoms with Crippen molar-refractivity contribution >= 4 is 5.84 Å². The lowest BCUT2D eigenvalue weighted by Gasteiger charge is -2.34. The minimum Gasteiger partial charge on any atom is -0.387 e. The van der Waals surface area contributed by atoms with Crippen molar-refractivity contribution in [3.8, 4) is 0 Å². The van der Waals surface area contributed by atoms with Gasteiger partial charge in [-0.2, -0.15) is 0 Å². The van der Waals surface area contributed by atoms with Crippen molar-refractivity contribution in [1.29, 1.82) is 5.41 Å². The molecule has 0 aromatic heterocycles. The molecule has 1 saturated carbocycles. The van der Waals surface area contributed by atoms with Crippen LogP contribution in [0.15, 0.2) is 30.3 Å². The molecule has 0 bridgehead atoms. The molecule has 1 aliphatic rings. The van der Waals surface area contributed by atoms with Crippen LogP contribution in [-0.2, 0) is 11.3 Å². The van der Waals surface area contributed by atoms with Gasteiger partial charge in [-0.25, -0.2) is 0 Å². The normalized spacial score (nSPS) is 24.5. The fourth-order valence-corrected chi connectivity index (χ4v) is 1.74. The van der Waals surface area contributed by atoms with Crippen LogP contribution in [0, 0.1) is 11.3 Å². The highest BCUT2D eigenvalue weighted by molar-refractivity contribution is 5.80. The fraction of sp³-hybridized carbons (Fsp3) is 0.417. The number of rotatable bonds is 4. The summed E-state index contributed by atoms with van der Waals surface area (Å²) in [5.41, 5.74) is 6.59. The van der Waals surface area contributed by atoms with Gasteiger partial charge in [0.25, 0.3) is 0 Å². The molecule has 0 heterocycles. The van der Waals surface area contributed by atoms with Gasteiger partial charge in [-0.05, 0) is 18.4 Å². The summed E-state index contributed by atoms with van der Waals surface area (Å²) in [5, 5.41) is 7.26. The van der Waals surface area contributed by atoms with Gasteiger partial charge in [0, 0.05) is 5.92 Å². The molecule has 0 saturated heterocycles. The molecule has 0 unspecified atom stereocenters. The molecule has 80 valence electrons. The van der Waals surface area contributed by atoms with Crippen molar-refractivity contribution in [3.63, 3.8) is 0 Å². The number of benzene rings is 1. The highest BCUT2D eigenvalue weighted by atomic mass is 16.5. The SMILES string of the molecule is N=C(N)C1CC(OCc2ccccc2)C1. The largest absolute Gasteiger partial charge is 0.387 e. The summed E-state index contributed by atoms with van der Waals surface area (Å²) in [6.45, 7) is 0.663. The zero-order chi connectivity index (χ0) is 10.7. The summed E-state index contributed by atoms with van der Waals surface area (Å²) in [6.07, 6.45) is 2.10. The highest BCUT2D eigenvalue weighted by Gasteiger charge is 2.31. The van der Waals surface area contributed by atoms with Crippen LogP contribution in [0.2, 0.25) is 0 Å². The van der Waals surface area contributed by atoms with E-state index in [1.54, 1.807) is 0 Å². The molecule has 3 heteroatoms. The van der Waals surface area contributed by atoms with Gasteiger partial charge < -0.3 is 10.5 Å². The van der Waals surface area contributed by atoms with E-state index in [4.69, 9.17) is 15.9 Å². The molecule has 0 amide bonds. The van der Waals surface area contributed by atoms with Crippen LogP contribution >= 0.6 is 0 Å². The average Bonchev–Trinajstić information content (AvgIpc) is 2.16. The Hall–Kier alpha value is -1.35. The van der Waals surface area contributed by atoms with E-state index in [2.05, 4.69) is 12.1 Å². The predicted molar refractivity (Wildman–Crippen MR) is 59.7 cm³/mol. The van der Waals surface area contributed by atoms with E-state index < -0.39 is 0 Å². The first-order chi connectivity index (χ1) is 7.25. The van der Waals surface area contributed by atoms with Gasteiger partial charge in [-0.1, -0.05) is 30.3 Å². The fourth-order valence-electron chi connectivity index (χ4n) is 1.74. The number of amidine groups is 1. The Bertz CT molecular complexity index is 331. The van der Waals surface area contributed by atoms with E-state index in [0.29, 0.717) is 18.5 Å². The molecule has 1 fully saturated rings. The summed E-state index contributed by atoms with van der Waals surface area (Å²) >= 11 is 0. The summed E-state index contributed by atoms with van der Waals surface area (Å²) in [4.78, 5) is 0. The topological polar surface area (TPSA) is 59.1 Å². The van der Waals surface area contributed by atoms with Gasteiger partial charge in [0.05, 0.1) is 18.5 Å². The van der Waals surface area contributed by atoms with Gasteiger partial charge in [0.1, 0.15) is 0 Å². The van der Waals surface area contributed by atoms with Crippen LogP contribution in [0.3, 0.4) is 0 Å². The van der Waals surface area contributed by atoms with Gasteiger partial charge >= 0.3 is 0 Å². The minimum absolute atomic E-state index is 0.255. The van der Waals surface area contributed by atoms with Crippen molar-refractivity contribution in [2.75, 3.05) is 0 Å². The second-order valence-corrected chi connectivity index (χ2v) is 4.04. The first kappa shape index (κ1) is 10.2. The average molecular weight is 204 g/mol. The molecule has 2 rings (SSSR count). The lowest BCUT2D eigenvalue weighted by Crippen LogP contribution is -2.39. The van der Waals surface area contributed by atoms with E-state index in [9.17, 15) is 0 Å². The lowest BCUT2D eigenvalue weighted by molar-refractivity contribution is -0.0242. The molecular formula is C12H16N2O. The van der Waals surface area contributed by atoms with Crippen LogP contribution in [0.4, 0.5) is 0 Å². The van der Waals surface area contributed by atoms with Crippen molar-refractivity contribution in [3.05, 3.63) is 35.9 Å². The van der Waals surface area contributed by atoms with E-state index in [1.165, 1.54) is 5.56 Å². The number of nitrogens with two attached hydrogens (primary N) is 1. The molecule has 0 atom stereocenters. The van der Waals surface area contributed by atoms with Crippen molar-refractivity contribution in [2.24, 2.45) is 11.7 Å².